The van der Waals surface area contributed by atoms with Gasteiger partial charge in [0.15, 0.2) is 0 Å². The predicted molar refractivity (Wildman–Crippen MR) is 96.8 cm³/mol. The first kappa shape index (κ1) is 18.4. The Morgan fingerprint density at radius 1 is 1.16 bits per heavy atom. The molecule has 0 bridgehead atoms. The highest BCUT2D eigenvalue weighted by molar-refractivity contribution is 7.89. The van der Waals surface area contributed by atoms with Crippen molar-refractivity contribution in [2.24, 2.45) is 0 Å². The predicted octanol–water partition coefficient (Wildman–Crippen LogP) is 1.22. The van der Waals surface area contributed by atoms with Gasteiger partial charge >= 0.3 is 0 Å². The van der Waals surface area contributed by atoms with Gasteiger partial charge in [0.1, 0.15) is 0 Å². The summed E-state index contributed by atoms with van der Waals surface area (Å²) in [5.74, 6) is 0.110. The number of benzene rings is 1. The van der Waals surface area contributed by atoms with Gasteiger partial charge in [0.25, 0.3) is 0 Å². The third kappa shape index (κ3) is 4.04. The second kappa shape index (κ2) is 7.85. The molecule has 2 saturated heterocycles. The number of amides is 1. The van der Waals surface area contributed by atoms with Crippen LogP contribution in [-0.2, 0) is 21.2 Å². The molecule has 2 fully saturated rings. The maximum absolute atomic E-state index is 12.8. The molecule has 1 aromatic carbocycles. The first-order valence-electron chi connectivity index (χ1n) is 9.13. The molecule has 0 spiro atoms. The lowest BCUT2D eigenvalue weighted by atomic mass is 10.1. The monoisotopic (exact) mass is 365 g/mol. The summed E-state index contributed by atoms with van der Waals surface area (Å²) >= 11 is 0. The SMILES string of the molecule is CCCc1ccc(S(=O)(=O)N2CCN(C(=O)C3CCCN3)CC2)cc1. The molecule has 0 aromatic heterocycles. The number of nitrogens with zero attached hydrogens (tertiary/aromatic N) is 2. The lowest BCUT2D eigenvalue weighted by molar-refractivity contribution is -0.134. The maximum atomic E-state index is 12.8. The van der Waals surface area contributed by atoms with Gasteiger partial charge in [-0.3, -0.25) is 4.79 Å². The van der Waals surface area contributed by atoms with E-state index in [1.165, 1.54) is 4.31 Å². The van der Waals surface area contributed by atoms with E-state index >= 15 is 0 Å². The molecule has 7 heteroatoms. The minimum atomic E-state index is -3.48. The summed E-state index contributed by atoms with van der Waals surface area (Å²) < 4.78 is 27.1. The Balaban J connectivity index is 1.61. The molecule has 1 N–H and O–H groups in total. The summed E-state index contributed by atoms with van der Waals surface area (Å²) in [5, 5.41) is 3.21. The molecule has 1 unspecified atom stereocenters. The number of sulfonamides is 1. The fourth-order valence-electron chi connectivity index (χ4n) is 3.53. The van der Waals surface area contributed by atoms with Gasteiger partial charge in [-0.15, -0.1) is 0 Å². The second-order valence-electron chi connectivity index (χ2n) is 6.77. The van der Waals surface area contributed by atoms with Gasteiger partial charge in [0, 0.05) is 26.2 Å². The van der Waals surface area contributed by atoms with Crippen LogP contribution in [0.3, 0.4) is 0 Å². The molecule has 0 radical (unpaired) electrons. The molecular formula is C18H27N3O3S. The topological polar surface area (TPSA) is 69.7 Å². The van der Waals surface area contributed by atoms with Crippen LogP contribution in [0.25, 0.3) is 0 Å². The summed E-state index contributed by atoms with van der Waals surface area (Å²) in [6.07, 6.45) is 3.90. The number of nitrogens with one attached hydrogen (secondary N) is 1. The van der Waals surface area contributed by atoms with Crippen molar-refractivity contribution in [2.75, 3.05) is 32.7 Å². The van der Waals surface area contributed by atoms with Crippen molar-refractivity contribution in [1.82, 2.24) is 14.5 Å². The molecule has 2 heterocycles. The molecule has 6 nitrogen and oxygen atoms in total. The number of carbonyl (C=O) groups excluding carboxylic acids is 1. The Bertz CT molecular complexity index is 689. The van der Waals surface area contributed by atoms with E-state index in [-0.39, 0.29) is 11.9 Å². The smallest absolute Gasteiger partial charge is 0.243 e. The number of aryl methyl sites for hydroxylation is 1. The molecule has 25 heavy (non-hydrogen) atoms. The van der Waals surface area contributed by atoms with E-state index in [2.05, 4.69) is 12.2 Å². The number of carbonyl (C=O) groups is 1. The van der Waals surface area contributed by atoms with Gasteiger partial charge in [-0.1, -0.05) is 25.5 Å². The Morgan fingerprint density at radius 3 is 2.40 bits per heavy atom. The molecule has 1 atom stereocenters. The molecule has 0 saturated carbocycles. The fraction of sp³-hybridized carbons (Fsp3) is 0.611. The zero-order valence-corrected chi connectivity index (χ0v) is 15.6. The molecule has 2 aliphatic heterocycles. The maximum Gasteiger partial charge on any atom is 0.243 e. The van der Waals surface area contributed by atoms with E-state index in [1.807, 2.05) is 12.1 Å². The van der Waals surface area contributed by atoms with E-state index in [4.69, 9.17) is 0 Å². The van der Waals surface area contributed by atoms with E-state index in [0.29, 0.717) is 31.1 Å². The van der Waals surface area contributed by atoms with E-state index in [0.717, 1.165) is 37.8 Å². The van der Waals surface area contributed by atoms with Crippen molar-refractivity contribution in [3.63, 3.8) is 0 Å². The zero-order chi connectivity index (χ0) is 17.9. The molecule has 0 aliphatic carbocycles. The summed E-state index contributed by atoms with van der Waals surface area (Å²) in [6, 6.07) is 7.08. The minimum Gasteiger partial charge on any atom is -0.339 e. The van der Waals surface area contributed by atoms with Crippen LogP contribution in [-0.4, -0.2) is 62.3 Å². The zero-order valence-electron chi connectivity index (χ0n) is 14.8. The first-order chi connectivity index (χ1) is 12.0. The van der Waals surface area contributed by atoms with Gasteiger partial charge in [0.2, 0.25) is 15.9 Å². The molecule has 1 amide bonds. The third-order valence-corrected chi connectivity index (χ3v) is 6.92. The van der Waals surface area contributed by atoms with Crippen LogP contribution in [0, 0.1) is 0 Å². The van der Waals surface area contributed by atoms with Crippen molar-refractivity contribution in [3.05, 3.63) is 29.8 Å². The van der Waals surface area contributed by atoms with E-state index < -0.39 is 10.0 Å². The van der Waals surface area contributed by atoms with Crippen LogP contribution in [0.2, 0.25) is 0 Å². The Labute approximate surface area is 150 Å². The quantitative estimate of drug-likeness (QED) is 0.852. The highest BCUT2D eigenvalue weighted by Crippen LogP contribution is 2.19. The largest absolute Gasteiger partial charge is 0.339 e. The van der Waals surface area contributed by atoms with Crippen LogP contribution in [0.4, 0.5) is 0 Å². The fourth-order valence-corrected chi connectivity index (χ4v) is 4.95. The Morgan fingerprint density at radius 2 is 1.84 bits per heavy atom. The number of piperazine rings is 1. The Hall–Kier alpha value is -1.44. The van der Waals surface area contributed by atoms with Crippen LogP contribution in [0.1, 0.15) is 31.7 Å². The average molecular weight is 365 g/mol. The third-order valence-electron chi connectivity index (χ3n) is 5.01. The number of hydrogen-bond acceptors (Lipinski definition) is 4. The molecular weight excluding hydrogens is 338 g/mol. The van der Waals surface area contributed by atoms with Crippen molar-refractivity contribution in [3.8, 4) is 0 Å². The summed E-state index contributed by atoms with van der Waals surface area (Å²) in [7, 11) is -3.48. The van der Waals surface area contributed by atoms with Crippen molar-refractivity contribution in [1.29, 1.82) is 0 Å². The standard InChI is InChI=1S/C18H27N3O3S/c1-2-4-15-6-8-16(9-7-15)25(23,24)21-13-11-20(12-14-21)18(22)17-5-3-10-19-17/h6-9,17,19H,2-5,10-14H2,1H3. The molecule has 3 rings (SSSR count). The van der Waals surface area contributed by atoms with E-state index in [9.17, 15) is 13.2 Å². The summed E-state index contributed by atoms with van der Waals surface area (Å²) in [4.78, 5) is 14.5. The van der Waals surface area contributed by atoms with Crippen LogP contribution < -0.4 is 5.32 Å². The number of hydrogen-bond donors (Lipinski definition) is 1. The van der Waals surface area contributed by atoms with Crippen molar-refractivity contribution < 1.29 is 13.2 Å². The second-order valence-corrected chi connectivity index (χ2v) is 8.71. The van der Waals surface area contributed by atoms with Crippen LogP contribution in [0.5, 0.6) is 0 Å². The Kier molecular flexibility index (Phi) is 5.76. The van der Waals surface area contributed by atoms with Gasteiger partial charge in [-0.05, 0) is 43.5 Å². The molecule has 1 aromatic rings. The number of rotatable bonds is 5. The molecule has 138 valence electrons. The van der Waals surface area contributed by atoms with Gasteiger partial charge < -0.3 is 10.2 Å². The van der Waals surface area contributed by atoms with Crippen molar-refractivity contribution in [2.45, 2.75) is 43.5 Å². The first-order valence-corrected chi connectivity index (χ1v) is 10.6. The summed E-state index contributed by atoms with van der Waals surface area (Å²) in [5.41, 5.74) is 1.15. The van der Waals surface area contributed by atoms with Gasteiger partial charge in [0.05, 0.1) is 10.9 Å². The lowest BCUT2D eigenvalue weighted by Crippen LogP contribution is -2.54. The van der Waals surface area contributed by atoms with Crippen LogP contribution >= 0.6 is 0 Å². The highest BCUT2D eigenvalue weighted by atomic mass is 32.2. The minimum absolute atomic E-state index is 0.0886. The molecule has 2 aliphatic rings. The van der Waals surface area contributed by atoms with E-state index in [1.54, 1.807) is 17.0 Å². The van der Waals surface area contributed by atoms with Gasteiger partial charge in [-0.2, -0.15) is 4.31 Å². The average Bonchev–Trinajstić information content (AvgIpc) is 3.17. The summed E-state index contributed by atoms with van der Waals surface area (Å²) in [6.45, 7) is 4.63. The van der Waals surface area contributed by atoms with Crippen molar-refractivity contribution >= 4 is 15.9 Å². The van der Waals surface area contributed by atoms with Crippen LogP contribution in [0.15, 0.2) is 29.2 Å². The normalized spacial score (nSPS) is 22.3. The lowest BCUT2D eigenvalue weighted by Gasteiger charge is -2.35. The van der Waals surface area contributed by atoms with Gasteiger partial charge in [-0.25, -0.2) is 8.42 Å². The highest BCUT2D eigenvalue weighted by Gasteiger charge is 2.33.